The second-order valence-corrected chi connectivity index (χ2v) is 6.73. The first-order valence-electron chi connectivity index (χ1n) is 9.52. The highest BCUT2D eigenvalue weighted by Crippen LogP contribution is 2.32. The molecule has 4 aromatic rings. The minimum absolute atomic E-state index is 0.182. The summed E-state index contributed by atoms with van der Waals surface area (Å²) >= 11 is 0. The van der Waals surface area contributed by atoms with Gasteiger partial charge in [-0.3, -0.25) is 4.79 Å². The number of hydrogen-bond acceptors (Lipinski definition) is 4. The first-order valence-corrected chi connectivity index (χ1v) is 9.52. The van der Waals surface area contributed by atoms with Crippen LogP contribution in [0, 0.1) is 0 Å². The number of aromatic nitrogens is 1. The van der Waals surface area contributed by atoms with E-state index in [0.717, 1.165) is 16.7 Å². The zero-order valence-electron chi connectivity index (χ0n) is 16.5. The van der Waals surface area contributed by atoms with Crippen molar-refractivity contribution >= 4 is 17.4 Å². The minimum Gasteiger partial charge on any atom is -0.497 e. The van der Waals surface area contributed by atoms with Gasteiger partial charge in [-0.05, 0) is 35.9 Å². The number of methoxy groups -OCH3 is 1. The van der Waals surface area contributed by atoms with E-state index in [1.807, 2.05) is 66.7 Å². The third-order valence-electron chi connectivity index (χ3n) is 4.78. The van der Waals surface area contributed by atoms with Crippen LogP contribution < -0.4 is 15.8 Å². The zero-order chi connectivity index (χ0) is 20.9. The van der Waals surface area contributed by atoms with E-state index in [0.29, 0.717) is 22.7 Å². The second kappa shape index (κ2) is 8.49. The Labute approximate surface area is 175 Å². The number of rotatable bonds is 5. The fraction of sp³-hybridized carbons (Fsp3) is 0.0400. The number of benzene rings is 3. The Hall–Kier alpha value is -4.12. The first-order chi connectivity index (χ1) is 14.7. The molecule has 30 heavy (non-hydrogen) atoms. The Balaban J connectivity index is 1.78. The second-order valence-electron chi connectivity index (χ2n) is 6.73. The maximum absolute atomic E-state index is 13.2. The number of nitrogens with two attached hydrogens (primary N) is 1. The van der Waals surface area contributed by atoms with E-state index in [-0.39, 0.29) is 11.7 Å². The molecule has 0 spiro atoms. The van der Waals surface area contributed by atoms with Crippen molar-refractivity contribution in [3.63, 3.8) is 0 Å². The molecule has 0 fully saturated rings. The lowest BCUT2D eigenvalue weighted by atomic mass is 9.97. The van der Waals surface area contributed by atoms with Crippen LogP contribution in [0.3, 0.4) is 0 Å². The number of ether oxygens (including phenoxy) is 1. The van der Waals surface area contributed by atoms with Gasteiger partial charge in [0.05, 0.1) is 18.4 Å². The molecule has 3 N–H and O–H groups in total. The van der Waals surface area contributed by atoms with Crippen LogP contribution in [0.15, 0.2) is 91.0 Å². The van der Waals surface area contributed by atoms with Crippen molar-refractivity contribution < 1.29 is 9.53 Å². The summed E-state index contributed by atoms with van der Waals surface area (Å²) in [5, 5.41) is 2.91. The third-order valence-corrected chi connectivity index (χ3v) is 4.78. The van der Waals surface area contributed by atoms with Crippen LogP contribution in [0.4, 0.5) is 11.5 Å². The zero-order valence-corrected chi connectivity index (χ0v) is 16.5. The van der Waals surface area contributed by atoms with Gasteiger partial charge in [-0.1, -0.05) is 60.7 Å². The third kappa shape index (κ3) is 4.00. The molecule has 5 nitrogen and oxygen atoms in total. The van der Waals surface area contributed by atoms with Crippen molar-refractivity contribution in [3.05, 3.63) is 96.6 Å². The molecule has 0 aliphatic heterocycles. The van der Waals surface area contributed by atoms with Crippen molar-refractivity contribution in [2.75, 3.05) is 18.2 Å². The molecule has 1 amide bonds. The normalized spacial score (nSPS) is 10.4. The standard InChI is InChI=1S/C25H21N3O2/c1-30-20-14-12-19(13-15-20)27-25(29)23-21(17-8-4-2-5-9-17)16-22(28-24(23)26)18-10-6-3-7-11-18/h2-16H,1H3,(H2,26,28)(H,27,29). The van der Waals surface area contributed by atoms with E-state index < -0.39 is 0 Å². The van der Waals surface area contributed by atoms with Crippen molar-refractivity contribution in [2.24, 2.45) is 0 Å². The van der Waals surface area contributed by atoms with Crippen molar-refractivity contribution in [1.29, 1.82) is 0 Å². The van der Waals surface area contributed by atoms with E-state index in [9.17, 15) is 4.79 Å². The quantitative estimate of drug-likeness (QED) is 0.483. The lowest BCUT2D eigenvalue weighted by Gasteiger charge is -2.15. The number of hydrogen-bond donors (Lipinski definition) is 2. The van der Waals surface area contributed by atoms with Gasteiger partial charge >= 0.3 is 0 Å². The largest absolute Gasteiger partial charge is 0.497 e. The highest BCUT2D eigenvalue weighted by atomic mass is 16.5. The molecule has 1 aromatic heterocycles. The average Bonchev–Trinajstić information content (AvgIpc) is 2.80. The van der Waals surface area contributed by atoms with Crippen LogP contribution in [0.1, 0.15) is 10.4 Å². The highest BCUT2D eigenvalue weighted by molar-refractivity contribution is 6.12. The molecule has 0 bridgehead atoms. The predicted octanol–water partition coefficient (Wildman–Crippen LogP) is 5.26. The van der Waals surface area contributed by atoms with Gasteiger partial charge in [0.1, 0.15) is 11.6 Å². The van der Waals surface area contributed by atoms with Crippen LogP contribution in [0.5, 0.6) is 5.75 Å². The molecular weight excluding hydrogens is 374 g/mol. The molecule has 0 aliphatic rings. The van der Waals surface area contributed by atoms with Gasteiger partial charge in [0.25, 0.3) is 5.91 Å². The lowest BCUT2D eigenvalue weighted by Crippen LogP contribution is -2.16. The fourth-order valence-corrected chi connectivity index (χ4v) is 3.27. The molecule has 3 aromatic carbocycles. The first kappa shape index (κ1) is 19.2. The summed E-state index contributed by atoms with van der Waals surface area (Å²) in [6, 6.07) is 28.5. The number of anilines is 2. The van der Waals surface area contributed by atoms with Gasteiger partial charge in [0, 0.05) is 16.8 Å². The molecular formula is C25H21N3O2. The summed E-state index contributed by atoms with van der Waals surface area (Å²) in [5.74, 6) is 0.580. The minimum atomic E-state index is -0.316. The predicted molar refractivity (Wildman–Crippen MR) is 120 cm³/mol. The van der Waals surface area contributed by atoms with Crippen LogP contribution in [0.25, 0.3) is 22.4 Å². The molecule has 1 heterocycles. The summed E-state index contributed by atoms with van der Waals surface area (Å²) in [5.41, 5.74) is 10.6. The molecule has 0 unspecified atom stereocenters. The lowest BCUT2D eigenvalue weighted by molar-refractivity contribution is 0.102. The summed E-state index contributed by atoms with van der Waals surface area (Å²) < 4.78 is 5.17. The van der Waals surface area contributed by atoms with E-state index in [4.69, 9.17) is 10.5 Å². The Morgan fingerprint density at radius 1 is 0.867 bits per heavy atom. The smallest absolute Gasteiger partial charge is 0.260 e. The Kier molecular flexibility index (Phi) is 5.44. The van der Waals surface area contributed by atoms with E-state index in [1.165, 1.54) is 0 Å². The number of carbonyl (C=O) groups excluding carboxylic acids is 1. The molecule has 5 heteroatoms. The number of nitrogens with one attached hydrogen (secondary N) is 1. The number of nitrogens with zero attached hydrogens (tertiary/aromatic N) is 1. The number of amides is 1. The van der Waals surface area contributed by atoms with Crippen molar-refractivity contribution in [1.82, 2.24) is 4.98 Å². The van der Waals surface area contributed by atoms with Gasteiger partial charge in [-0.2, -0.15) is 0 Å². The van der Waals surface area contributed by atoms with Crippen LogP contribution >= 0.6 is 0 Å². The van der Waals surface area contributed by atoms with Gasteiger partial charge < -0.3 is 15.8 Å². The summed E-state index contributed by atoms with van der Waals surface area (Å²) in [6.45, 7) is 0. The monoisotopic (exact) mass is 395 g/mol. The number of pyridine rings is 1. The molecule has 0 aliphatic carbocycles. The van der Waals surface area contributed by atoms with Gasteiger partial charge in [-0.15, -0.1) is 0 Å². The van der Waals surface area contributed by atoms with Crippen LogP contribution in [0.2, 0.25) is 0 Å². The van der Waals surface area contributed by atoms with Gasteiger partial charge in [0.15, 0.2) is 0 Å². The molecule has 0 radical (unpaired) electrons. The number of carbonyl (C=O) groups is 1. The van der Waals surface area contributed by atoms with Crippen LogP contribution in [-0.2, 0) is 0 Å². The van der Waals surface area contributed by atoms with Crippen LogP contribution in [-0.4, -0.2) is 18.0 Å². The fourth-order valence-electron chi connectivity index (χ4n) is 3.27. The topological polar surface area (TPSA) is 77.2 Å². The summed E-state index contributed by atoms with van der Waals surface area (Å²) in [4.78, 5) is 17.7. The SMILES string of the molecule is COc1ccc(NC(=O)c2c(-c3ccccc3)cc(-c3ccccc3)nc2N)cc1. The maximum atomic E-state index is 13.2. The highest BCUT2D eigenvalue weighted by Gasteiger charge is 2.20. The van der Waals surface area contributed by atoms with Gasteiger partial charge in [-0.25, -0.2) is 4.98 Å². The van der Waals surface area contributed by atoms with Crippen molar-refractivity contribution in [2.45, 2.75) is 0 Å². The maximum Gasteiger partial charge on any atom is 0.260 e. The Morgan fingerprint density at radius 2 is 1.47 bits per heavy atom. The Bertz CT molecular complexity index is 1160. The van der Waals surface area contributed by atoms with Crippen molar-refractivity contribution in [3.8, 4) is 28.1 Å². The Morgan fingerprint density at radius 3 is 2.07 bits per heavy atom. The summed E-state index contributed by atoms with van der Waals surface area (Å²) in [6.07, 6.45) is 0. The van der Waals surface area contributed by atoms with E-state index in [2.05, 4.69) is 10.3 Å². The number of nitrogen functional groups attached to an aromatic ring is 1. The van der Waals surface area contributed by atoms with E-state index in [1.54, 1.807) is 31.4 Å². The molecule has 0 saturated carbocycles. The molecule has 0 atom stereocenters. The average molecular weight is 395 g/mol. The van der Waals surface area contributed by atoms with Gasteiger partial charge in [0.2, 0.25) is 0 Å². The molecule has 0 saturated heterocycles. The molecule has 4 rings (SSSR count). The summed E-state index contributed by atoms with van der Waals surface area (Å²) in [7, 11) is 1.60. The van der Waals surface area contributed by atoms with E-state index >= 15 is 0 Å². The molecule has 148 valence electrons.